The average Bonchev–Trinajstić information content (AvgIpc) is 2.17. The Labute approximate surface area is 116 Å². The van der Waals surface area contributed by atoms with Crippen molar-refractivity contribution in [2.45, 2.75) is 19.6 Å². The van der Waals surface area contributed by atoms with Gasteiger partial charge in [0.25, 0.3) is 0 Å². The van der Waals surface area contributed by atoms with Crippen molar-refractivity contribution < 1.29 is 14.6 Å². The lowest BCUT2D eigenvalue weighted by atomic mass is 9.97. The van der Waals surface area contributed by atoms with Crippen molar-refractivity contribution in [3.05, 3.63) is 32.2 Å². The van der Waals surface area contributed by atoms with Crippen LogP contribution in [0.15, 0.2) is 26.7 Å². The van der Waals surface area contributed by atoms with Gasteiger partial charge in [0.15, 0.2) is 5.78 Å². The Morgan fingerprint density at radius 2 is 2.06 bits per heavy atom. The van der Waals surface area contributed by atoms with Crippen molar-refractivity contribution in [1.29, 1.82) is 0 Å². The average molecular weight is 362 g/mol. The maximum absolute atomic E-state index is 11.5. The van der Waals surface area contributed by atoms with Gasteiger partial charge in [-0.05, 0) is 41.1 Å². The van der Waals surface area contributed by atoms with Crippen LogP contribution in [-0.4, -0.2) is 16.7 Å². The number of carbonyl (C=O) groups is 1. The van der Waals surface area contributed by atoms with Gasteiger partial charge in [-0.25, -0.2) is 0 Å². The number of hydrogen-bond donors (Lipinski definition) is 1. The summed E-state index contributed by atoms with van der Waals surface area (Å²) in [5.41, 5.74) is 0.998. The van der Waals surface area contributed by atoms with Crippen molar-refractivity contribution in [2.75, 3.05) is 0 Å². The summed E-state index contributed by atoms with van der Waals surface area (Å²) in [6.07, 6.45) is 1.65. The van der Waals surface area contributed by atoms with Crippen molar-refractivity contribution in [2.24, 2.45) is 0 Å². The highest BCUT2D eigenvalue weighted by Crippen LogP contribution is 2.41. The molecule has 0 amide bonds. The fourth-order valence-electron chi connectivity index (χ4n) is 1.77. The van der Waals surface area contributed by atoms with Crippen LogP contribution in [0.25, 0.3) is 6.08 Å². The molecule has 1 aliphatic rings. The van der Waals surface area contributed by atoms with Gasteiger partial charge in [-0.15, -0.1) is 0 Å². The van der Waals surface area contributed by atoms with Crippen LogP contribution in [0.3, 0.4) is 0 Å². The lowest BCUT2D eigenvalue weighted by Gasteiger charge is -2.31. The molecule has 0 saturated carbocycles. The first-order chi connectivity index (χ1) is 7.81. The Kier molecular flexibility index (Phi) is 3.18. The molecule has 0 aliphatic carbocycles. The molecule has 3 nitrogen and oxygen atoms in total. The van der Waals surface area contributed by atoms with E-state index in [0.29, 0.717) is 5.75 Å². The number of fused-ring (bicyclic) bond motifs is 1. The molecule has 2 rings (SSSR count). The fourth-order valence-corrected chi connectivity index (χ4v) is 3.11. The Hall–Kier alpha value is -0.650. The second-order valence-corrected chi connectivity index (χ2v) is 5.78. The minimum atomic E-state index is -1.59. The molecule has 0 spiro atoms. The zero-order valence-corrected chi connectivity index (χ0v) is 12.4. The van der Waals surface area contributed by atoms with Gasteiger partial charge in [0.2, 0.25) is 5.79 Å². The van der Waals surface area contributed by atoms with E-state index in [9.17, 15) is 9.90 Å². The number of aliphatic hydroxyl groups is 1. The van der Waals surface area contributed by atoms with Gasteiger partial charge in [0.1, 0.15) is 5.75 Å². The largest absolute Gasteiger partial charge is 0.457 e. The van der Waals surface area contributed by atoms with Crippen LogP contribution in [0, 0.1) is 0 Å². The number of ketones is 1. The highest BCUT2D eigenvalue weighted by Gasteiger charge is 2.36. The lowest BCUT2D eigenvalue weighted by molar-refractivity contribution is -0.125. The van der Waals surface area contributed by atoms with E-state index in [1.54, 1.807) is 6.08 Å². The zero-order chi connectivity index (χ0) is 12.8. The maximum atomic E-state index is 11.5. The molecular formula is C12H10Br2O3. The molecule has 0 saturated heterocycles. The lowest BCUT2D eigenvalue weighted by Crippen LogP contribution is -2.39. The SMILES string of the molecule is CC(=O)C1=Cc2cc(Br)cc(Br)c2OC1(C)O. The van der Waals surface area contributed by atoms with Crippen molar-refractivity contribution in [1.82, 2.24) is 0 Å². The first-order valence-electron chi connectivity index (χ1n) is 4.95. The van der Waals surface area contributed by atoms with Crippen LogP contribution >= 0.6 is 31.9 Å². The molecule has 17 heavy (non-hydrogen) atoms. The quantitative estimate of drug-likeness (QED) is 0.834. The van der Waals surface area contributed by atoms with Crippen LogP contribution in [0.1, 0.15) is 19.4 Å². The van der Waals surface area contributed by atoms with E-state index in [4.69, 9.17) is 4.74 Å². The highest BCUT2D eigenvalue weighted by molar-refractivity contribution is 9.11. The van der Waals surface area contributed by atoms with Crippen LogP contribution in [0.2, 0.25) is 0 Å². The Morgan fingerprint density at radius 1 is 1.41 bits per heavy atom. The molecule has 1 atom stereocenters. The summed E-state index contributed by atoms with van der Waals surface area (Å²) < 4.78 is 7.07. The molecule has 0 bridgehead atoms. The van der Waals surface area contributed by atoms with E-state index >= 15 is 0 Å². The summed E-state index contributed by atoms with van der Waals surface area (Å²) in [6, 6.07) is 3.65. The monoisotopic (exact) mass is 360 g/mol. The number of Topliss-reactive ketones (excluding diaryl/α,β-unsaturated/α-hetero) is 1. The fraction of sp³-hybridized carbons (Fsp3) is 0.250. The molecule has 0 fully saturated rings. The van der Waals surface area contributed by atoms with Crippen LogP contribution in [-0.2, 0) is 4.79 Å². The number of hydrogen-bond acceptors (Lipinski definition) is 3. The molecule has 1 aromatic carbocycles. The van der Waals surface area contributed by atoms with Gasteiger partial charge in [0.05, 0.1) is 10.0 Å². The van der Waals surface area contributed by atoms with E-state index in [1.807, 2.05) is 12.1 Å². The molecule has 1 heterocycles. The zero-order valence-electron chi connectivity index (χ0n) is 9.25. The normalized spacial score (nSPS) is 22.5. The highest BCUT2D eigenvalue weighted by atomic mass is 79.9. The summed E-state index contributed by atoms with van der Waals surface area (Å²) in [4.78, 5) is 11.5. The van der Waals surface area contributed by atoms with Gasteiger partial charge in [-0.3, -0.25) is 4.79 Å². The standard InChI is InChI=1S/C12H10Br2O3/c1-6(15)9-4-7-3-8(13)5-10(14)11(7)17-12(9,2)16/h3-5,16H,1-2H3. The van der Waals surface area contributed by atoms with E-state index in [2.05, 4.69) is 31.9 Å². The smallest absolute Gasteiger partial charge is 0.235 e. The topological polar surface area (TPSA) is 46.5 Å². The van der Waals surface area contributed by atoms with Crippen LogP contribution < -0.4 is 4.74 Å². The Balaban J connectivity index is 2.66. The predicted octanol–water partition coefficient (Wildman–Crippen LogP) is 3.28. The summed E-state index contributed by atoms with van der Waals surface area (Å²) >= 11 is 6.73. The molecule has 1 aromatic rings. The third-order valence-corrected chi connectivity index (χ3v) is 3.56. The minimum Gasteiger partial charge on any atom is -0.457 e. The molecule has 5 heteroatoms. The number of halogens is 2. The van der Waals surface area contributed by atoms with Gasteiger partial charge in [-0.2, -0.15) is 0 Å². The van der Waals surface area contributed by atoms with E-state index in [1.165, 1.54) is 13.8 Å². The van der Waals surface area contributed by atoms with Gasteiger partial charge in [-0.1, -0.05) is 15.9 Å². The molecule has 1 aliphatic heterocycles. The first kappa shape index (κ1) is 12.8. The molecule has 0 radical (unpaired) electrons. The first-order valence-corrected chi connectivity index (χ1v) is 6.53. The molecular weight excluding hydrogens is 352 g/mol. The second-order valence-electron chi connectivity index (χ2n) is 4.01. The Morgan fingerprint density at radius 3 is 2.65 bits per heavy atom. The third-order valence-electron chi connectivity index (χ3n) is 2.52. The molecule has 0 aromatic heterocycles. The number of carbonyl (C=O) groups excluding carboxylic acids is 1. The van der Waals surface area contributed by atoms with E-state index in [0.717, 1.165) is 14.5 Å². The second kappa shape index (κ2) is 4.23. The summed E-state index contributed by atoms with van der Waals surface area (Å²) in [5.74, 6) is -1.27. The Bertz CT molecular complexity index is 533. The van der Waals surface area contributed by atoms with Gasteiger partial charge in [0, 0.05) is 17.0 Å². The predicted molar refractivity (Wildman–Crippen MR) is 71.8 cm³/mol. The van der Waals surface area contributed by atoms with Gasteiger partial charge < -0.3 is 9.84 Å². The van der Waals surface area contributed by atoms with E-state index in [-0.39, 0.29) is 11.4 Å². The molecule has 1 N–H and O–H groups in total. The van der Waals surface area contributed by atoms with Crippen molar-refractivity contribution >= 4 is 43.7 Å². The van der Waals surface area contributed by atoms with Gasteiger partial charge >= 0.3 is 0 Å². The van der Waals surface area contributed by atoms with E-state index < -0.39 is 5.79 Å². The summed E-state index contributed by atoms with van der Waals surface area (Å²) in [5, 5.41) is 10.1. The molecule has 1 unspecified atom stereocenters. The number of ether oxygens (including phenoxy) is 1. The van der Waals surface area contributed by atoms with Crippen LogP contribution in [0.4, 0.5) is 0 Å². The number of benzene rings is 1. The summed E-state index contributed by atoms with van der Waals surface area (Å²) in [6.45, 7) is 2.86. The minimum absolute atomic E-state index is 0.211. The number of rotatable bonds is 1. The molecule has 90 valence electrons. The van der Waals surface area contributed by atoms with Crippen LogP contribution in [0.5, 0.6) is 5.75 Å². The van der Waals surface area contributed by atoms with Crippen molar-refractivity contribution in [3.63, 3.8) is 0 Å². The maximum Gasteiger partial charge on any atom is 0.235 e. The summed E-state index contributed by atoms with van der Waals surface area (Å²) in [7, 11) is 0. The third kappa shape index (κ3) is 2.32. The van der Waals surface area contributed by atoms with Crippen molar-refractivity contribution in [3.8, 4) is 5.75 Å².